The second-order valence-corrected chi connectivity index (χ2v) is 5.29. The van der Waals surface area contributed by atoms with Crippen LogP contribution in [0.1, 0.15) is 31.1 Å². The van der Waals surface area contributed by atoms with Gasteiger partial charge < -0.3 is 10.3 Å². The van der Waals surface area contributed by atoms with Crippen molar-refractivity contribution in [3.8, 4) is 0 Å². The Morgan fingerprint density at radius 1 is 1.53 bits per heavy atom. The van der Waals surface area contributed by atoms with Crippen LogP contribution in [0.3, 0.4) is 0 Å². The highest BCUT2D eigenvalue weighted by molar-refractivity contribution is 5.99. The van der Waals surface area contributed by atoms with Gasteiger partial charge in [0.1, 0.15) is 0 Å². The Kier molecular flexibility index (Phi) is 4.07. The summed E-state index contributed by atoms with van der Waals surface area (Å²) in [6.45, 7) is 6.93. The second-order valence-electron chi connectivity index (χ2n) is 5.29. The van der Waals surface area contributed by atoms with Gasteiger partial charge in [0.2, 0.25) is 0 Å². The molecule has 1 amide bonds. The van der Waals surface area contributed by atoms with E-state index < -0.39 is 0 Å². The van der Waals surface area contributed by atoms with E-state index in [1.165, 1.54) is 6.20 Å². The van der Waals surface area contributed by atoms with Crippen LogP contribution in [-0.4, -0.2) is 29.4 Å². The molecule has 1 aromatic rings. The van der Waals surface area contributed by atoms with E-state index in [1.54, 1.807) is 24.2 Å². The van der Waals surface area contributed by atoms with Gasteiger partial charge in [0, 0.05) is 26.0 Å². The van der Waals surface area contributed by atoms with Crippen molar-refractivity contribution in [2.45, 2.75) is 20.8 Å². The molecule has 3 N–H and O–H groups in total. The summed E-state index contributed by atoms with van der Waals surface area (Å²) in [5, 5.41) is 0. The number of carbonyl (C=O) groups excluding carboxylic acids is 1. The summed E-state index contributed by atoms with van der Waals surface area (Å²) in [7, 11) is 1.78. The zero-order chi connectivity index (χ0) is 13.1. The summed E-state index contributed by atoms with van der Waals surface area (Å²) < 4.78 is 0. The quantitative estimate of drug-likeness (QED) is 0.616. The van der Waals surface area contributed by atoms with Crippen LogP contribution in [0.2, 0.25) is 0 Å². The summed E-state index contributed by atoms with van der Waals surface area (Å²) in [5.41, 5.74) is 3.64. The molecule has 0 fully saturated rings. The number of aromatic nitrogens is 1. The van der Waals surface area contributed by atoms with Gasteiger partial charge in [-0.25, -0.2) is 0 Å². The van der Waals surface area contributed by atoms with Gasteiger partial charge in [-0.2, -0.15) is 0 Å². The largest absolute Gasteiger partial charge is 0.341 e. The summed E-state index contributed by atoms with van der Waals surface area (Å²) in [6.07, 6.45) is 3.12. The molecule has 1 rings (SSSR count). The maximum atomic E-state index is 12.2. The Balaban J connectivity index is 2.89. The van der Waals surface area contributed by atoms with Crippen LogP contribution < -0.4 is 11.3 Å². The molecular weight excluding hydrogens is 216 g/mol. The Hall–Kier alpha value is -1.62. The van der Waals surface area contributed by atoms with Crippen molar-refractivity contribution in [3.63, 3.8) is 0 Å². The topological polar surface area (TPSA) is 71.2 Å². The number of rotatable bonds is 3. The van der Waals surface area contributed by atoms with Crippen LogP contribution >= 0.6 is 0 Å². The SMILES string of the molecule is CN(CC(C)(C)C)C(=O)c1cnccc1NN. The maximum Gasteiger partial charge on any atom is 0.257 e. The fourth-order valence-electron chi connectivity index (χ4n) is 1.68. The number of anilines is 1. The van der Waals surface area contributed by atoms with Crippen molar-refractivity contribution in [3.05, 3.63) is 24.0 Å². The van der Waals surface area contributed by atoms with Crippen molar-refractivity contribution in [1.82, 2.24) is 9.88 Å². The number of nitrogen functional groups attached to an aromatic ring is 1. The second kappa shape index (κ2) is 5.14. The Bertz CT molecular complexity index is 398. The van der Waals surface area contributed by atoms with Crippen LogP contribution in [0.15, 0.2) is 18.5 Å². The highest BCUT2D eigenvalue weighted by Crippen LogP contribution is 2.18. The first-order valence-corrected chi connectivity index (χ1v) is 5.51. The average Bonchev–Trinajstić information content (AvgIpc) is 2.25. The Morgan fingerprint density at radius 2 is 2.18 bits per heavy atom. The monoisotopic (exact) mass is 236 g/mol. The normalized spacial score (nSPS) is 11.1. The first-order valence-electron chi connectivity index (χ1n) is 5.51. The first kappa shape index (κ1) is 13.4. The van der Waals surface area contributed by atoms with E-state index in [4.69, 9.17) is 5.84 Å². The third-order valence-electron chi connectivity index (χ3n) is 2.27. The molecule has 0 saturated heterocycles. The number of hydrogen-bond donors (Lipinski definition) is 2. The molecule has 5 heteroatoms. The van der Waals surface area contributed by atoms with Gasteiger partial charge in [0.05, 0.1) is 11.3 Å². The number of amides is 1. The lowest BCUT2D eigenvalue weighted by molar-refractivity contribution is 0.0746. The van der Waals surface area contributed by atoms with Gasteiger partial charge in [-0.05, 0) is 11.5 Å². The van der Waals surface area contributed by atoms with E-state index >= 15 is 0 Å². The van der Waals surface area contributed by atoms with Crippen molar-refractivity contribution in [1.29, 1.82) is 0 Å². The van der Waals surface area contributed by atoms with E-state index in [0.29, 0.717) is 17.8 Å². The fraction of sp³-hybridized carbons (Fsp3) is 0.500. The van der Waals surface area contributed by atoms with Gasteiger partial charge in [0.15, 0.2) is 0 Å². The molecule has 17 heavy (non-hydrogen) atoms. The Morgan fingerprint density at radius 3 is 2.71 bits per heavy atom. The van der Waals surface area contributed by atoms with Crippen LogP contribution in [-0.2, 0) is 0 Å². The molecule has 94 valence electrons. The van der Waals surface area contributed by atoms with Gasteiger partial charge >= 0.3 is 0 Å². The third-order valence-corrected chi connectivity index (χ3v) is 2.27. The molecule has 0 aliphatic carbocycles. The molecule has 0 spiro atoms. The molecule has 5 nitrogen and oxygen atoms in total. The number of nitrogens with one attached hydrogen (secondary N) is 1. The predicted octanol–water partition coefficient (Wildman–Crippen LogP) is 1.49. The minimum Gasteiger partial charge on any atom is -0.341 e. The van der Waals surface area contributed by atoms with Gasteiger partial charge in [-0.3, -0.25) is 15.6 Å². The van der Waals surface area contributed by atoms with Crippen LogP contribution in [0.25, 0.3) is 0 Å². The van der Waals surface area contributed by atoms with E-state index in [-0.39, 0.29) is 11.3 Å². The molecule has 0 bridgehead atoms. The molecule has 1 heterocycles. The van der Waals surface area contributed by atoms with Crippen LogP contribution in [0, 0.1) is 5.41 Å². The number of nitrogens with zero attached hydrogens (tertiary/aromatic N) is 2. The van der Waals surface area contributed by atoms with Crippen molar-refractivity contribution in [2.24, 2.45) is 11.3 Å². The maximum absolute atomic E-state index is 12.2. The Labute approximate surface area is 102 Å². The molecular formula is C12H20N4O. The van der Waals surface area contributed by atoms with Gasteiger partial charge in [-0.15, -0.1) is 0 Å². The van der Waals surface area contributed by atoms with Crippen LogP contribution in [0.4, 0.5) is 5.69 Å². The zero-order valence-corrected chi connectivity index (χ0v) is 10.8. The lowest BCUT2D eigenvalue weighted by atomic mass is 9.96. The lowest BCUT2D eigenvalue weighted by Gasteiger charge is -2.27. The summed E-state index contributed by atoms with van der Waals surface area (Å²) >= 11 is 0. The number of hydrogen-bond acceptors (Lipinski definition) is 4. The molecule has 0 aliphatic heterocycles. The summed E-state index contributed by atoms with van der Waals surface area (Å²) in [4.78, 5) is 17.8. The van der Waals surface area contributed by atoms with Gasteiger partial charge in [0.25, 0.3) is 5.91 Å². The lowest BCUT2D eigenvalue weighted by Crippen LogP contribution is -2.35. The fourth-order valence-corrected chi connectivity index (χ4v) is 1.68. The predicted molar refractivity (Wildman–Crippen MR) is 68.5 cm³/mol. The number of hydrazine groups is 1. The van der Waals surface area contributed by atoms with E-state index in [1.807, 2.05) is 0 Å². The molecule has 0 aliphatic rings. The minimum absolute atomic E-state index is 0.0585. The van der Waals surface area contributed by atoms with Crippen molar-refractivity contribution < 1.29 is 4.79 Å². The van der Waals surface area contributed by atoms with Crippen LogP contribution in [0.5, 0.6) is 0 Å². The first-order chi connectivity index (χ1) is 7.85. The highest BCUT2D eigenvalue weighted by atomic mass is 16.2. The number of nitrogens with two attached hydrogens (primary N) is 1. The summed E-state index contributed by atoms with van der Waals surface area (Å²) in [6, 6.07) is 1.68. The van der Waals surface area contributed by atoms with Crippen molar-refractivity contribution in [2.75, 3.05) is 19.0 Å². The van der Waals surface area contributed by atoms with E-state index in [9.17, 15) is 4.79 Å². The third kappa shape index (κ3) is 3.71. The number of carbonyl (C=O) groups is 1. The standard InChI is InChI=1S/C12H20N4O/c1-12(2,3)8-16(4)11(17)9-7-14-6-5-10(9)15-13/h5-7H,8,13H2,1-4H3,(H,14,15). The minimum atomic E-state index is -0.0824. The smallest absolute Gasteiger partial charge is 0.257 e. The average molecular weight is 236 g/mol. The molecule has 0 atom stereocenters. The molecule has 0 unspecified atom stereocenters. The zero-order valence-electron chi connectivity index (χ0n) is 10.8. The van der Waals surface area contributed by atoms with Gasteiger partial charge in [-0.1, -0.05) is 20.8 Å². The summed E-state index contributed by atoms with van der Waals surface area (Å²) in [5.74, 6) is 5.28. The molecule has 0 radical (unpaired) electrons. The molecule has 1 aromatic heterocycles. The highest BCUT2D eigenvalue weighted by Gasteiger charge is 2.20. The van der Waals surface area contributed by atoms with E-state index in [2.05, 4.69) is 31.2 Å². The molecule has 0 saturated carbocycles. The van der Waals surface area contributed by atoms with Crippen molar-refractivity contribution >= 4 is 11.6 Å². The van der Waals surface area contributed by atoms with E-state index in [0.717, 1.165) is 0 Å². The number of pyridine rings is 1. The molecule has 0 aromatic carbocycles.